The van der Waals surface area contributed by atoms with Crippen LogP contribution in [0, 0.1) is 17.0 Å². The Bertz CT molecular complexity index is 1340. The van der Waals surface area contributed by atoms with Gasteiger partial charge in [0.25, 0.3) is 5.69 Å². The Morgan fingerprint density at radius 1 is 1.10 bits per heavy atom. The van der Waals surface area contributed by atoms with Gasteiger partial charge in [0.15, 0.2) is 5.75 Å². The third-order valence-electron chi connectivity index (χ3n) is 4.69. The zero-order valence-corrected chi connectivity index (χ0v) is 16.9. The van der Waals surface area contributed by atoms with Crippen molar-refractivity contribution in [1.29, 1.82) is 0 Å². The van der Waals surface area contributed by atoms with Gasteiger partial charge in [-0.25, -0.2) is 4.98 Å². The second-order valence-electron chi connectivity index (χ2n) is 6.95. The molecule has 0 aliphatic heterocycles. The summed E-state index contributed by atoms with van der Waals surface area (Å²) in [6.07, 6.45) is 3.59. The number of benzene rings is 2. The molecule has 2 aromatic heterocycles. The minimum absolute atomic E-state index is 0.0448. The van der Waals surface area contributed by atoms with Crippen LogP contribution in [0.5, 0.6) is 5.75 Å². The van der Waals surface area contributed by atoms with E-state index >= 15 is 0 Å². The standard InChI is InChI=1S/C24H18N2O5/c1-15-14-19(26(28)29)9-12-21(15)22-13-11-20(31-22)10-8-18-7-6-17-4-3-5-23(24(17)25-18)30-16(2)27/h3-14H,1-2H3/b10-8+. The largest absolute Gasteiger partial charge is 0.457 e. The fourth-order valence-electron chi connectivity index (χ4n) is 3.26. The molecule has 0 spiro atoms. The molecular formula is C24H18N2O5. The molecule has 7 heteroatoms. The first kappa shape index (κ1) is 20.0. The Morgan fingerprint density at radius 3 is 2.68 bits per heavy atom. The number of nitro benzene ring substituents is 1. The second kappa shape index (κ2) is 8.23. The summed E-state index contributed by atoms with van der Waals surface area (Å²) in [5, 5.41) is 11.8. The van der Waals surface area contributed by atoms with E-state index in [1.165, 1.54) is 19.1 Å². The van der Waals surface area contributed by atoms with Crippen molar-refractivity contribution in [2.24, 2.45) is 0 Å². The van der Waals surface area contributed by atoms with Crippen LogP contribution in [0.2, 0.25) is 0 Å². The van der Waals surface area contributed by atoms with E-state index in [4.69, 9.17) is 9.15 Å². The smallest absolute Gasteiger partial charge is 0.308 e. The van der Waals surface area contributed by atoms with Crippen molar-refractivity contribution in [2.75, 3.05) is 0 Å². The Morgan fingerprint density at radius 2 is 1.94 bits per heavy atom. The predicted octanol–water partition coefficient (Wildman–Crippen LogP) is 5.81. The Hall–Kier alpha value is -4.26. The molecule has 0 aliphatic rings. The lowest BCUT2D eigenvalue weighted by Crippen LogP contribution is -2.02. The summed E-state index contributed by atoms with van der Waals surface area (Å²) in [5.41, 5.74) is 2.87. The van der Waals surface area contributed by atoms with Gasteiger partial charge in [-0.1, -0.05) is 18.2 Å². The van der Waals surface area contributed by atoms with Gasteiger partial charge >= 0.3 is 5.97 Å². The summed E-state index contributed by atoms with van der Waals surface area (Å²) < 4.78 is 11.1. The van der Waals surface area contributed by atoms with Crippen LogP contribution < -0.4 is 4.74 Å². The minimum atomic E-state index is -0.420. The molecule has 0 bridgehead atoms. The SMILES string of the molecule is CC(=O)Oc1cccc2ccc(/C=C/c3ccc(-c4ccc([N+](=O)[O-])cc4C)o3)nc12. The molecule has 4 aromatic rings. The highest BCUT2D eigenvalue weighted by Crippen LogP contribution is 2.29. The van der Waals surface area contributed by atoms with E-state index in [0.29, 0.717) is 28.5 Å². The number of non-ortho nitro benzene ring substituents is 1. The molecular weight excluding hydrogens is 396 g/mol. The molecule has 0 saturated heterocycles. The third-order valence-corrected chi connectivity index (χ3v) is 4.69. The van der Waals surface area contributed by atoms with Gasteiger partial charge in [0.1, 0.15) is 17.0 Å². The predicted molar refractivity (Wildman–Crippen MR) is 118 cm³/mol. The molecule has 7 nitrogen and oxygen atoms in total. The lowest BCUT2D eigenvalue weighted by Gasteiger charge is -2.05. The minimum Gasteiger partial charge on any atom is -0.457 e. The molecule has 0 atom stereocenters. The number of nitro groups is 1. The quantitative estimate of drug-likeness (QED) is 0.177. The number of ether oxygens (including phenoxy) is 1. The van der Waals surface area contributed by atoms with Gasteiger partial charge in [0.2, 0.25) is 0 Å². The van der Waals surface area contributed by atoms with Gasteiger partial charge in [-0.2, -0.15) is 0 Å². The van der Waals surface area contributed by atoms with Crippen LogP contribution in [0.25, 0.3) is 34.4 Å². The van der Waals surface area contributed by atoms with Crippen LogP contribution in [0.15, 0.2) is 65.1 Å². The lowest BCUT2D eigenvalue weighted by atomic mass is 10.1. The molecule has 0 amide bonds. The molecule has 2 heterocycles. The number of fused-ring (bicyclic) bond motifs is 1. The van der Waals surface area contributed by atoms with E-state index in [0.717, 1.165) is 16.5 Å². The fourth-order valence-corrected chi connectivity index (χ4v) is 3.26. The maximum absolute atomic E-state index is 11.3. The number of furan rings is 1. The third kappa shape index (κ3) is 4.35. The van der Waals surface area contributed by atoms with E-state index in [2.05, 4.69) is 4.98 Å². The summed E-state index contributed by atoms with van der Waals surface area (Å²) in [5.74, 6) is 1.24. The Labute approximate surface area is 177 Å². The zero-order valence-electron chi connectivity index (χ0n) is 16.9. The number of nitrogens with zero attached hydrogens (tertiary/aromatic N) is 2. The number of hydrogen-bond acceptors (Lipinski definition) is 6. The Balaban J connectivity index is 1.60. The van der Waals surface area contributed by atoms with Crippen LogP contribution in [0.4, 0.5) is 5.69 Å². The van der Waals surface area contributed by atoms with Crippen LogP contribution in [-0.4, -0.2) is 15.9 Å². The average Bonchev–Trinajstić information content (AvgIpc) is 3.20. The lowest BCUT2D eigenvalue weighted by molar-refractivity contribution is -0.384. The second-order valence-corrected chi connectivity index (χ2v) is 6.95. The highest BCUT2D eigenvalue weighted by Gasteiger charge is 2.12. The molecule has 154 valence electrons. The van der Waals surface area contributed by atoms with Crippen molar-refractivity contribution >= 4 is 34.7 Å². The van der Waals surface area contributed by atoms with E-state index in [9.17, 15) is 14.9 Å². The highest BCUT2D eigenvalue weighted by molar-refractivity contribution is 5.88. The average molecular weight is 414 g/mol. The van der Waals surface area contributed by atoms with Crippen molar-refractivity contribution in [1.82, 2.24) is 4.98 Å². The number of rotatable bonds is 5. The number of aromatic nitrogens is 1. The van der Waals surface area contributed by atoms with Gasteiger partial charge in [0.05, 0.1) is 10.6 Å². The van der Waals surface area contributed by atoms with Gasteiger partial charge in [-0.15, -0.1) is 0 Å². The number of pyridine rings is 1. The molecule has 2 aromatic carbocycles. The van der Waals surface area contributed by atoms with Crippen molar-refractivity contribution < 1.29 is 18.9 Å². The first-order valence-corrected chi connectivity index (χ1v) is 9.52. The first-order chi connectivity index (χ1) is 14.9. The van der Waals surface area contributed by atoms with E-state index in [-0.39, 0.29) is 5.69 Å². The van der Waals surface area contributed by atoms with Gasteiger partial charge in [-0.05, 0) is 55.0 Å². The van der Waals surface area contributed by atoms with Gasteiger partial charge < -0.3 is 9.15 Å². The van der Waals surface area contributed by atoms with Gasteiger partial charge in [0, 0.05) is 30.0 Å². The molecule has 0 saturated carbocycles. The van der Waals surface area contributed by atoms with Crippen LogP contribution >= 0.6 is 0 Å². The summed E-state index contributed by atoms with van der Waals surface area (Å²) in [7, 11) is 0. The molecule has 4 rings (SSSR count). The molecule has 0 fully saturated rings. The highest BCUT2D eigenvalue weighted by atomic mass is 16.6. The van der Waals surface area contributed by atoms with Crippen molar-refractivity contribution in [3.05, 3.63) is 87.8 Å². The van der Waals surface area contributed by atoms with Crippen molar-refractivity contribution in [3.8, 4) is 17.1 Å². The molecule has 0 unspecified atom stereocenters. The summed E-state index contributed by atoms with van der Waals surface area (Å²) in [4.78, 5) is 26.4. The molecule has 0 N–H and O–H groups in total. The number of carbonyl (C=O) groups excluding carboxylic acids is 1. The first-order valence-electron chi connectivity index (χ1n) is 9.52. The molecule has 31 heavy (non-hydrogen) atoms. The molecule has 0 radical (unpaired) electrons. The number of esters is 1. The van der Waals surface area contributed by atoms with Gasteiger partial charge in [-0.3, -0.25) is 14.9 Å². The summed E-state index contributed by atoms with van der Waals surface area (Å²) >= 11 is 0. The van der Waals surface area contributed by atoms with E-state index < -0.39 is 10.9 Å². The fraction of sp³-hybridized carbons (Fsp3) is 0.0833. The number of para-hydroxylation sites is 1. The normalized spacial score (nSPS) is 11.2. The number of aryl methyl sites for hydroxylation is 1. The summed E-state index contributed by atoms with van der Waals surface area (Å²) in [6.45, 7) is 3.16. The topological polar surface area (TPSA) is 95.5 Å². The number of carbonyl (C=O) groups is 1. The molecule has 0 aliphatic carbocycles. The van der Waals surface area contributed by atoms with Crippen LogP contribution in [0.3, 0.4) is 0 Å². The van der Waals surface area contributed by atoms with E-state index in [1.807, 2.05) is 36.4 Å². The monoisotopic (exact) mass is 414 g/mol. The zero-order chi connectivity index (χ0) is 22.0. The van der Waals surface area contributed by atoms with Crippen molar-refractivity contribution in [3.63, 3.8) is 0 Å². The maximum Gasteiger partial charge on any atom is 0.308 e. The van der Waals surface area contributed by atoms with Crippen LogP contribution in [0.1, 0.15) is 23.9 Å². The van der Waals surface area contributed by atoms with E-state index in [1.54, 1.807) is 31.2 Å². The summed E-state index contributed by atoms with van der Waals surface area (Å²) in [6, 6.07) is 17.5. The van der Waals surface area contributed by atoms with Crippen LogP contribution in [-0.2, 0) is 4.79 Å². The Kier molecular flexibility index (Phi) is 5.32. The van der Waals surface area contributed by atoms with Crippen molar-refractivity contribution in [2.45, 2.75) is 13.8 Å². The maximum atomic E-state index is 11.3. The number of hydrogen-bond donors (Lipinski definition) is 0.